The fourth-order valence-electron chi connectivity index (χ4n) is 3.39. The van der Waals surface area contributed by atoms with E-state index >= 15 is 0 Å². The van der Waals surface area contributed by atoms with Crippen molar-refractivity contribution in [3.63, 3.8) is 0 Å². The van der Waals surface area contributed by atoms with Gasteiger partial charge in [0, 0.05) is 12.0 Å². The Labute approximate surface area is 191 Å². The van der Waals surface area contributed by atoms with Crippen LogP contribution in [0, 0.1) is 0 Å². The number of hydrogen-bond acceptors (Lipinski definition) is 6. The van der Waals surface area contributed by atoms with Gasteiger partial charge in [0.05, 0.1) is 36.6 Å². The zero-order valence-corrected chi connectivity index (χ0v) is 18.4. The molecule has 0 spiro atoms. The van der Waals surface area contributed by atoms with Gasteiger partial charge < -0.3 is 14.8 Å². The highest BCUT2D eigenvalue weighted by Gasteiger charge is 2.10. The lowest BCUT2D eigenvalue weighted by Crippen LogP contribution is -2.13. The summed E-state index contributed by atoms with van der Waals surface area (Å²) in [5.41, 5.74) is 3.04. The molecular weight excluding hydrogens is 420 g/mol. The fraction of sp³-hybridized carbons (Fsp3) is 0.200. The van der Waals surface area contributed by atoms with E-state index < -0.39 is 0 Å². The van der Waals surface area contributed by atoms with Crippen LogP contribution in [-0.2, 0) is 4.79 Å². The van der Waals surface area contributed by atoms with E-state index in [0.29, 0.717) is 42.2 Å². The van der Waals surface area contributed by atoms with E-state index in [2.05, 4.69) is 15.3 Å². The Morgan fingerprint density at radius 3 is 2.64 bits per heavy atom. The summed E-state index contributed by atoms with van der Waals surface area (Å²) >= 11 is 0. The van der Waals surface area contributed by atoms with Crippen molar-refractivity contribution in [2.24, 2.45) is 0 Å². The molecule has 0 bridgehead atoms. The molecule has 0 saturated heterocycles. The van der Waals surface area contributed by atoms with E-state index in [4.69, 9.17) is 9.47 Å². The van der Waals surface area contributed by atoms with Crippen LogP contribution in [0.2, 0.25) is 0 Å². The average Bonchev–Trinajstić information content (AvgIpc) is 3.26. The number of methoxy groups -OCH3 is 1. The number of rotatable bonds is 9. The number of carbonyl (C=O) groups is 2. The van der Waals surface area contributed by atoms with Gasteiger partial charge in [-0.3, -0.25) is 14.2 Å². The van der Waals surface area contributed by atoms with Gasteiger partial charge in [-0.2, -0.15) is 0 Å². The predicted molar refractivity (Wildman–Crippen MR) is 125 cm³/mol. The second kappa shape index (κ2) is 9.95. The van der Waals surface area contributed by atoms with E-state index in [1.54, 1.807) is 30.7 Å². The molecule has 4 rings (SSSR count). The summed E-state index contributed by atoms with van der Waals surface area (Å²) in [4.78, 5) is 32.6. The Balaban J connectivity index is 1.28. The molecule has 2 aromatic carbocycles. The Bertz CT molecular complexity index is 1280. The average molecular weight is 444 g/mol. The van der Waals surface area contributed by atoms with Gasteiger partial charge in [0.25, 0.3) is 0 Å². The highest BCUT2D eigenvalue weighted by Crippen LogP contribution is 2.28. The van der Waals surface area contributed by atoms with Crippen LogP contribution >= 0.6 is 0 Å². The molecule has 0 saturated carbocycles. The van der Waals surface area contributed by atoms with Crippen LogP contribution in [-0.4, -0.2) is 39.9 Å². The molecule has 168 valence electrons. The quantitative estimate of drug-likeness (QED) is 0.303. The molecule has 0 unspecified atom stereocenters. The first-order chi connectivity index (χ1) is 16.0. The number of ketones is 1. The van der Waals surface area contributed by atoms with Crippen LogP contribution in [0.5, 0.6) is 11.5 Å². The van der Waals surface area contributed by atoms with E-state index in [0.717, 1.165) is 16.9 Å². The molecule has 0 radical (unpaired) electrons. The van der Waals surface area contributed by atoms with Crippen LogP contribution in [0.1, 0.15) is 30.1 Å². The number of para-hydroxylation sites is 2. The second-order valence-electron chi connectivity index (χ2n) is 7.43. The maximum atomic E-state index is 12.3. The van der Waals surface area contributed by atoms with Crippen LogP contribution in [0.25, 0.3) is 16.9 Å². The van der Waals surface area contributed by atoms with Crippen LogP contribution in [0.4, 0.5) is 5.69 Å². The molecule has 0 atom stereocenters. The Kier molecular flexibility index (Phi) is 6.64. The molecule has 8 heteroatoms. The SMILES string of the molecule is COc1cc(C(C)=O)ccc1OCCCC(=O)Nc1ccc(-n2cnc3ccccc32)nc1. The third-order valence-electron chi connectivity index (χ3n) is 5.11. The van der Waals surface area contributed by atoms with Gasteiger partial charge in [0.15, 0.2) is 17.3 Å². The lowest BCUT2D eigenvalue weighted by atomic mass is 10.1. The maximum Gasteiger partial charge on any atom is 0.224 e. The standard InChI is InChI=1S/C25H24N4O4/c1-17(30)18-9-11-22(23(14-18)32-2)33-13-5-8-25(31)28-19-10-12-24(26-15-19)29-16-27-20-6-3-4-7-21(20)29/h3-4,6-7,9-12,14-16H,5,8,13H2,1-2H3,(H,28,31). The number of anilines is 1. The van der Waals surface area contributed by atoms with Crippen molar-refractivity contribution in [1.29, 1.82) is 0 Å². The first-order valence-electron chi connectivity index (χ1n) is 10.6. The van der Waals surface area contributed by atoms with Gasteiger partial charge in [-0.15, -0.1) is 0 Å². The molecule has 8 nitrogen and oxygen atoms in total. The number of nitrogens with one attached hydrogen (secondary N) is 1. The third kappa shape index (κ3) is 5.17. The predicted octanol–water partition coefficient (Wildman–Crippen LogP) is 4.43. The summed E-state index contributed by atoms with van der Waals surface area (Å²) < 4.78 is 12.9. The number of nitrogens with zero attached hydrogens (tertiary/aromatic N) is 3. The summed E-state index contributed by atoms with van der Waals surface area (Å²) in [5.74, 6) is 1.58. The molecule has 0 aliphatic rings. The fourth-order valence-corrected chi connectivity index (χ4v) is 3.39. The van der Waals surface area contributed by atoms with Gasteiger partial charge in [-0.1, -0.05) is 12.1 Å². The number of hydrogen-bond donors (Lipinski definition) is 1. The summed E-state index contributed by atoms with van der Waals surface area (Å²) in [5, 5.41) is 2.85. The molecular formula is C25H24N4O4. The smallest absolute Gasteiger partial charge is 0.224 e. The van der Waals surface area contributed by atoms with Crippen molar-refractivity contribution in [3.05, 3.63) is 72.7 Å². The van der Waals surface area contributed by atoms with Crippen molar-refractivity contribution < 1.29 is 19.1 Å². The zero-order valence-electron chi connectivity index (χ0n) is 18.4. The van der Waals surface area contributed by atoms with Crippen molar-refractivity contribution >= 4 is 28.4 Å². The summed E-state index contributed by atoms with van der Waals surface area (Å²) in [6.07, 6.45) is 4.17. The maximum absolute atomic E-state index is 12.3. The van der Waals surface area contributed by atoms with E-state index in [1.165, 1.54) is 14.0 Å². The number of amides is 1. The van der Waals surface area contributed by atoms with Crippen molar-refractivity contribution in [1.82, 2.24) is 14.5 Å². The number of ether oxygens (including phenoxy) is 2. The summed E-state index contributed by atoms with van der Waals surface area (Å²) in [7, 11) is 1.52. The number of fused-ring (bicyclic) bond motifs is 1. The van der Waals surface area contributed by atoms with Gasteiger partial charge in [-0.25, -0.2) is 9.97 Å². The Morgan fingerprint density at radius 1 is 1.03 bits per heavy atom. The van der Waals surface area contributed by atoms with Crippen LogP contribution < -0.4 is 14.8 Å². The molecule has 2 heterocycles. The summed E-state index contributed by atoms with van der Waals surface area (Å²) in [6.45, 7) is 1.84. The van der Waals surface area contributed by atoms with Gasteiger partial charge in [0.1, 0.15) is 12.1 Å². The minimum atomic E-state index is -0.125. The minimum absolute atomic E-state index is 0.0441. The summed E-state index contributed by atoms with van der Waals surface area (Å²) in [6, 6.07) is 16.5. The number of benzene rings is 2. The zero-order chi connectivity index (χ0) is 23.2. The third-order valence-corrected chi connectivity index (χ3v) is 5.11. The van der Waals surface area contributed by atoms with Crippen LogP contribution in [0.3, 0.4) is 0 Å². The van der Waals surface area contributed by atoms with Crippen molar-refractivity contribution in [2.45, 2.75) is 19.8 Å². The van der Waals surface area contributed by atoms with E-state index in [9.17, 15) is 9.59 Å². The first-order valence-corrected chi connectivity index (χ1v) is 10.6. The number of imidazole rings is 1. The number of pyridine rings is 1. The van der Waals surface area contributed by atoms with E-state index in [1.807, 2.05) is 41.0 Å². The topological polar surface area (TPSA) is 95.3 Å². The lowest BCUT2D eigenvalue weighted by molar-refractivity contribution is -0.116. The highest BCUT2D eigenvalue weighted by molar-refractivity contribution is 5.94. The highest BCUT2D eigenvalue weighted by atomic mass is 16.5. The molecule has 0 aliphatic carbocycles. The lowest BCUT2D eigenvalue weighted by Gasteiger charge is -2.11. The second-order valence-corrected chi connectivity index (χ2v) is 7.43. The molecule has 1 N–H and O–H groups in total. The molecule has 0 fully saturated rings. The molecule has 1 amide bonds. The monoisotopic (exact) mass is 444 g/mol. The van der Waals surface area contributed by atoms with E-state index in [-0.39, 0.29) is 11.7 Å². The first kappa shape index (κ1) is 22.0. The normalized spacial score (nSPS) is 10.7. The molecule has 2 aromatic heterocycles. The largest absolute Gasteiger partial charge is 0.493 e. The van der Waals surface area contributed by atoms with Crippen molar-refractivity contribution in [3.8, 4) is 17.3 Å². The number of carbonyl (C=O) groups excluding carboxylic acids is 2. The molecule has 4 aromatic rings. The van der Waals surface area contributed by atoms with Crippen molar-refractivity contribution in [2.75, 3.05) is 19.0 Å². The Hall–Kier alpha value is -4.20. The Morgan fingerprint density at radius 2 is 1.88 bits per heavy atom. The molecule has 33 heavy (non-hydrogen) atoms. The van der Waals surface area contributed by atoms with Gasteiger partial charge in [-0.05, 0) is 55.8 Å². The number of aromatic nitrogens is 3. The van der Waals surface area contributed by atoms with Crippen LogP contribution in [0.15, 0.2) is 67.1 Å². The number of Topliss-reactive ketones (excluding diaryl/α,β-unsaturated/α-hetero) is 1. The molecule has 0 aliphatic heterocycles. The van der Waals surface area contributed by atoms with Gasteiger partial charge in [0.2, 0.25) is 5.91 Å². The minimum Gasteiger partial charge on any atom is -0.493 e. The van der Waals surface area contributed by atoms with Gasteiger partial charge >= 0.3 is 0 Å².